The van der Waals surface area contributed by atoms with Gasteiger partial charge >= 0.3 is 0 Å². The SMILES string of the molecule is CC1(C)c2cc(N(c3ccccc3)c3ccc(-c4ccccc4)c(-c4ccccc4)c3)ccc2-c2ccc(C3(c4ccccc4)c4ccccc4-c4ccccc43)cc21. The van der Waals surface area contributed by atoms with Crippen LogP contribution in [0.3, 0.4) is 0 Å². The standard InChI is InChI=1S/C58H43N/c1-57(2)55-37-43(58(42-23-11-5-12-24-42)53-29-17-15-27-48(53)49-28-16-18-30-54(49)58)31-34-50(55)51-36-33-46(39-56(51)57)59(44-25-13-6-14-26-44)45-32-35-47(40-19-7-3-8-20-40)52(38-45)41-21-9-4-10-22-41/h3-39H,1-2H3. The second-order valence-corrected chi connectivity index (χ2v) is 16.5. The summed E-state index contributed by atoms with van der Waals surface area (Å²) in [5.41, 5.74) is 20.8. The van der Waals surface area contributed by atoms with Crippen LogP contribution < -0.4 is 4.90 Å². The van der Waals surface area contributed by atoms with E-state index in [0.29, 0.717) is 0 Å². The monoisotopic (exact) mass is 753 g/mol. The molecule has 59 heavy (non-hydrogen) atoms. The molecule has 11 rings (SSSR count). The number of hydrogen-bond donors (Lipinski definition) is 0. The Kier molecular flexibility index (Phi) is 8.13. The lowest BCUT2D eigenvalue weighted by molar-refractivity contribution is 0.655. The molecule has 0 atom stereocenters. The van der Waals surface area contributed by atoms with Crippen LogP contribution in [0.2, 0.25) is 0 Å². The van der Waals surface area contributed by atoms with Crippen LogP contribution in [0.5, 0.6) is 0 Å². The average Bonchev–Trinajstić information content (AvgIpc) is 3.73. The molecule has 0 amide bonds. The molecule has 0 spiro atoms. The predicted molar refractivity (Wildman–Crippen MR) is 247 cm³/mol. The van der Waals surface area contributed by atoms with Crippen molar-refractivity contribution in [2.24, 2.45) is 0 Å². The van der Waals surface area contributed by atoms with Crippen molar-refractivity contribution in [3.8, 4) is 44.5 Å². The molecule has 0 fully saturated rings. The van der Waals surface area contributed by atoms with Crippen LogP contribution in [-0.2, 0) is 10.8 Å². The lowest BCUT2D eigenvalue weighted by atomic mass is 9.66. The number of hydrogen-bond acceptors (Lipinski definition) is 1. The Bertz CT molecular complexity index is 2950. The van der Waals surface area contributed by atoms with Crippen LogP contribution in [0.15, 0.2) is 224 Å². The summed E-state index contributed by atoms with van der Waals surface area (Å²) in [6.45, 7) is 4.82. The molecule has 0 radical (unpaired) electrons. The Balaban J connectivity index is 1.07. The smallest absolute Gasteiger partial charge is 0.0713 e. The summed E-state index contributed by atoms with van der Waals surface area (Å²) >= 11 is 0. The van der Waals surface area contributed by atoms with E-state index in [9.17, 15) is 0 Å². The highest BCUT2D eigenvalue weighted by Crippen LogP contribution is 2.58. The van der Waals surface area contributed by atoms with Crippen molar-refractivity contribution >= 4 is 17.1 Å². The van der Waals surface area contributed by atoms with Gasteiger partial charge in [0.25, 0.3) is 0 Å². The summed E-state index contributed by atoms with van der Waals surface area (Å²) in [6, 6.07) is 82.8. The fourth-order valence-electron chi connectivity index (χ4n) is 10.2. The fraction of sp³-hybridized carbons (Fsp3) is 0.0690. The van der Waals surface area contributed by atoms with E-state index in [1.54, 1.807) is 0 Å². The van der Waals surface area contributed by atoms with E-state index >= 15 is 0 Å². The van der Waals surface area contributed by atoms with Gasteiger partial charge in [-0.05, 0) is 114 Å². The molecule has 0 heterocycles. The van der Waals surface area contributed by atoms with E-state index in [0.717, 1.165) is 17.1 Å². The second-order valence-electron chi connectivity index (χ2n) is 16.5. The minimum absolute atomic E-state index is 0.249. The van der Waals surface area contributed by atoms with Gasteiger partial charge in [0.2, 0.25) is 0 Å². The van der Waals surface area contributed by atoms with Gasteiger partial charge in [-0.1, -0.05) is 202 Å². The molecule has 9 aromatic carbocycles. The first kappa shape index (κ1) is 35.0. The van der Waals surface area contributed by atoms with E-state index < -0.39 is 5.41 Å². The number of benzene rings is 9. The Morgan fingerprint density at radius 2 is 0.729 bits per heavy atom. The summed E-state index contributed by atoms with van der Waals surface area (Å²) in [7, 11) is 0. The molecule has 1 nitrogen and oxygen atoms in total. The van der Waals surface area contributed by atoms with Crippen molar-refractivity contribution in [3.05, 3.63) is 258 Å². The average molecular weight is 754 g/mol. The zero-order valence-electron chi connectivity index (χ0n) is 33.3. The number of para-hydroxylation sites is 1. The van der Waals surface area contributed by atoms with Gasteiger partial charge in [0.1, 0.15) is 0 Å². The third-order valence-corrected chi connectivity index (χ3v) is 13.0. The first-order chi connectivity index (χ1) is 29.0. The molecule has 0 aliphatic heterocycles. The third kappa shape index (κ3) is 5.39. The van der Waals surface area contributed by atoms with Crippen LogP contribution in [0.1, 0.15) is 47.2 Å². The largest absolute Gasteiger partial charge is 0.310 e. The molecule has 0 saturated carbocycles. The highest BCUT2D eigenvalue weighted by atomic mass is 15.1. The molecular formula is C58H43N. The van der Waals surface area contributed by atoms with Crippen molar-refractivity contribution < 1.29 is 0 Å². The zero-order chi connectivity index (χ0) is 39.6. The van der Waals surface area contributed by atoms with Crippen LogP contribution in [0.4, 0.5) is 17.1 Å². The third-order valence-electron chi connectivity index (χ3n) is 13.0. The number of rotatable bonds is 7. The summed E-state index contributed by atoms with van der Waals surface area (Å²) < 4.78 is 0. The Morgan fingerprint density at radius 1 is 0.288 bits per heavy atom. The Labute approximate surface area is 347 Å². The van der Waals surface area contributed by atoms with E-state index in [-0.39, 0.29) is 5.41 Å². The molecule has 1 heteroatoms. The van der Waals surface area contributed by atoms with Gasteiger partial charge in [-0.2, -0.15) is 0 Å². The maximum absolute atomic E-state index is 2.53. The Hall–Kier alpha value is -7.22. The van der Waals surface area contributed by atoms with Gasteiger partial charge in [0.05, 0.1) is 5.41 Å². The lowest BCUT2D eigenvalue weighted by Crippen LogP contribution is -2.29. The summed E-state index contributed by atoms with van der Waals surface area (Å²) in [6.07, 6.45) is 0. The van der Waals surface area contributed by atoms with Crippen molar-refractivity contribution in [3.63, 3.8) is 0 Å². The summed E-state index contributed by atoms with van der Waals surface area (Å²) in [5.74, 6) is 0. The number of nitrogens with zero attached hydrogens (tertiary/aromatic N) is 1. The first-order valence-corrected chi connectivity index (χ1v) is 20.7. The lowest BCUT2D eigenvalue weighted by Gasteiger charge is -2.35. The van der Waals surface area contributed by atoms with Crippen LogP contribution in [-0.4, -0.2) is 0 Å². The zero-order valence-corrected chi connectivity index (χ0v) is 33.3. The van der Waals surface area contributed by atoms with E-state index in [1.165, 1.54) is 77.9 Å². The van der Waals surface area contributed by atoms with Crippen molar-refractivity contribution in [1.29, 1.82) is 0 Å². The fourth-order valence-corrected chi connectivity index (χ4v) is 10.2. The molecule has 0 bridgehead atoms. The highest BCUT2D eigenvalue weighted by molar-refractivity contribution is 5.91. The van der Waals surface area contributed by atoms with Crippen LogP contribution >= 0.6 is 0 Å². The number of anilines is 3. The van der Waals surface area contributed by atoms with Crippen molar-refractivity contribution in [1.82, 2.24) is 0 Å². The van der Waals surface area contributed by atoms with Crippen molar-refractivity contribution in [2.75, 3.05) is 4.90 Å². The maximum Gasteiger partial charge on any atom is 0.0713 e. The van der Waals surface area contributed by atoms with Gasteiger partial charge in [-0.3, -0.25) is 0 Å². The van der Waals surface area contributed by atoms with E-state index in [1.807, 2.05) is 0 Å². The Morgan fingerprint density at radius 3 is 1.34 bits per heavy atom. The minimum atomic E-state index is -0.439. The minimum Gasteiger partial charge on any atom is -0.310 e. The van der Waals surface area contributed by atoms with Crippen molar-refractivity contribution in [2.45, 2.75) is 24.7 Å². The van der Waals surface area contributed by atoms with E-state index in [4.69, 9.17) is 0 Å². The van der Waals surface area contributed by atoms with Crippen LogP contribution in [0, 0.1) is 0 Å². The molecule has 0 saturated heterocycles. The van der Waals surface area contributed by atoms with Gasteiger partial charge in [-0.15, -0.1) is 0 Å². The number of fused-ring (bicyclic) bond motifs is 6. The van der Waals surface area contributed by atoms with Gasteiger partial charge in [-0.25, -0.2) is 0 Å². The highest BCUT2D eigenvalue weighted by Gasteiger charge is 2.47. The molecule has 2 aliphatic rings. The second kappa shape index (κ2) is 13.7. The molecule has 9 aromatic rings. The van der Waals surface area contributed by atoms with Gasteiger partial charge < -0.3 is 4.90 Å². The van der Waals surface area contributed by atoms with Gasteiger partial charge in [0.15, 0.2) is 0 Å². The quantitative estimate of drug-likeness (QED) is 0.157. The topological polar surface area (TPSA) is 3.24 Å². The summed E-state index contributed by atoms with van der Waals surface area (Å²) in [4.78, 5) is 2.42. The first-order valence-electron chi connectivity index (χ1n) is 20.7. The van der Waals surface area contributed by atoms with Crippen LogP contribution in [0.25, 0.3) is 44.5 Å². The van der Waals surface area contributed by atoms with E-state index in [2.05, 4.69) is 243 Å². The molecule has 0 aromatic heterocycles. The summed E-state index contributed by atoms with van der Waals surface area (Å²) in [5, 5.41) is 0. The molecule has 2 aliphatic carbocycles. The van der Waals surface area contributed by atoms with Gasteiger partial charge in [0, 0.05) is 22.5 Å². The predicted octanol–water partition coefficient (Wildman–Crippen LogP) is 15.2. The molecule has 280 valence electrons. The maximum atomic E-state index is 2.53. The molecule has 0 N–H and O–H groups in total. The normalized spacial score (nSPS) is 13.9. The molecule has 0 unspecified atom stereocenters. The molecular weight excluding hydrogens is 711 g/mol.